The lowest BCUT2D eigenvalue weighted by molar-refractivity contribution is -0.985. The van der Waals surface area contributed by atoms with Crippen LogP contribution in [0.4, 0.5) is 0 Å². The highest BCUT2D eigenvalue weighted by Gasteiger charge is 2.54. The fraction of sp³-hybridized carbons (Fsp3) is 0.303. The molecule has 37 heavy (non-hydrogen) atoms. The first kappa shape index (κ1) is 25.8. The van der Waals surface area contributed by atoms with Crippen molar-refractivity contribution in [3.63, 3.8) is 0 Å². The normalized spacial score (nSPS) is 25.4. The van der Waals surface area contributed by atoms with Crippen LogP contribution >= 0.6 is 0 Å². The van der Waals surface area contributed by atoms with Gasteiger partial charge in [-0.05, 0) is 29.2 Å². The number of rotatable bonds is 8. The van der Waals surface area contributed by atoms with Gasteiger partial charge in [-0.2, -0.15) is 0 Å². The third-order valence-corrected chi connectivity index (χ3v) is 8.63. The maximum Gasteiger partial charge on any atom is 0.135 e. The third kappa shape index (κ3) is 5.16. The number of hydrogen-bond acceptors (Lipinski definition) is 2. The molecule has 0 radical (unpaired) electrons. The van der Waals surface area contributed by atoms with Crippen molar-refractivity contribution in [2.45, 2.75) is 38.1 Å². The molecule has 3 aliphatic heterocycles. The predicted molar refractivity (Wildman–Crippen MR) is 146 cm³/mol. The van der Waals surface area contributed by atoms with Crippen molar-refractivity contribution in [2.24, 2.45) is 11.8 Å². The summed E-state index contributed by atoms with van der Waals surface area (Å²) in [7, 11) is 0. The van der Waals surface area contributed by atoms with Crippen LogP contribution in [0.25, 0.3) is 10.9 Å². The van der Waals surface area contributed by atoms with Crippen LogP contribution in [0.3, 0.4) is 0 Å². The van der Waals surface area contributed by atoms with Gasteiger partial charge in [-0.25, -0.2) is 0 Å². The van der Waals surface area contributed by atoms with Crippen molar-refractivity contribution in [3.8, 4) is 0 Å². The number of hydrogen-bond donors (Lipinski definition) is 0. The molecule has 0 aliphatic carbocycles. The number of fused-ring (bicyclic) bond motifs is 4. The summed E-state index contributed by atoms with van der Waals surface area (Å²) >= 11 is 0. The molecule has 1 unspecified atom stereocenters. The second-order valence-corrected chi connectivity index (χ2v) is 10.7. The lowest BCUT2D eigenvalue weighted by atomic mass is 9.71. The summed E-state index contributed by atoms with van der Waals surface area (Å²) in [6.07, 6.45) is 6.61. The standard InChI is InChI=1S/C33H35N2O.BrH/c1-2-27-23-35(22-25-11-5-3-6-12-25)20-18-28(27)21-32(35)33(36-24-26-13-7-4-8-14-26)30-17-19-34-31-16-10-9-15-29(30)31;/h2-17,19,27-28,32-33H,1,18,20-24H2;1H/q+1;/p-1/t27-,28-,32-,33+,35?;/m0./s1. The number of para-hydroxylation sites is 1. The number of piperidine rings is 3. The molecule has 3 aliphatic rings. The molecule has 4 aromatic rings. The molecule has 3 saturated heterocycles. The highest BCUT2D eigenvalue weighted by atomic mass is 79.9. The quantitative estimate of drug-likeness (QED) is 0.241. The van der Waals surface area contributed by atoms with Gasteiger partial charge in [0.25, 0.3) is 0 Å². The van der Waals surface area contributed by atoms with Gasteiger partial charge in [0, 0.05) is 35.9 Å². The van der Waals surface area contributed by atoms with Gasteiger partial charge in [0.2, 0.25) is 0 Å². The van der Waals surface area contributed by atoms with Crippen molar-refractivity contribution in [3.05, 3.63) is 127 Å². The molecule has 5 atom stereocenters. The molecule has 4 heterocycles. The van der Waals surface area contributed by atoms with E-state index in [0.717, 1.165) is 23.1 Å². The zero-order valence-electron chi connectivity index (χ0n) is 21.3. The van der Waals surface area contributed by atoms with Gasteiger partial charge in [0.15, 0.2) is 0 Å². The molecule has 3 aromatic carbocycles. The van der Waals surface area contributed by atoms with Crippen LogP contribution in [-0.4, -0.2) is 28.6 Å². The van der Waals surface area contributed by atoms with E-state index >= 15 is 0 Å². The van der Waals surface area contributed by atoms with Crippen LogP contribution < -0.4 is 17.0 Å². The van der Waals surface area contributed by atoms with Crippen LogP contribution in [0.1, 0.15) is 35.6 Å². The average Bonchev–Trinajstić information content (AvgIpc) is 2.94. The molecular weight excluding hydrogens is 520 g/mol. The maximum atomic E-state index is 6.98. The van der Waals surface area contributed by atoms with Gasteiger partial charge in [-0.1, -0.05) is 84.9 Å². The Morgan fingerprint density at radius 3 is 2.38 bits per heavy atom. The Balaban J connectivity index is 0.00000280. The van der Waals surface area contributed by atoms with E-state index in [1.807, 2.05) is 6.20 Å². The Labute approximate surface area is 231 Å². The number of pyridine rings is 1. The zero-order valence-corrected chi connectivity index (χ0v) is 22.8. The van der Waals surface area contributed by atoms with E-state index in [-0.39, 0.29) is 23.1 Å². The van der Waals surface area contributed by atoms with E-state index in [4.69, 9.17) is 4.74 Å². The van der Waals surface area contributed by atoms with Gasteiger partial charge in [0.05, 0.1) is 25.2 Å². The number of quaternary nitrogens is 1. The fourth-order valence-corrected chi connectivity index (χ4v) is 6.85. The summed E-state index contributed by atoms with van der Waals surface area (Å²) < 4.78 is 8.04. The van der Waals surface area contributed by atoms with Crippen molar-refractivity contribution in [2.75, 3.05) is 13.1 Å². The minimum atomic E-state index is -0.00427. The van der Waals surface area contributed by atoms with E-state index in [1.165, 1.54) is 41.5 Å². The van der Waals surface area contributed by atoms with Crippen LogP contribution in [0.2, 0.25) is 0 Å². The number of ether oxygens (including phenoxy) is 1. The summed E-state index contributed by atoms with van der Waals surface area (Å²) in [5.41, 5.74) is 4.94. The first-order valence-corrected chi connectivity index (χ1v) is 13.3. The Hall–Kier alpha value is -2.79. The smallest absolute Gasteiger partial charge is 0.135 e. The molecule has 0 spiro atoms. The molecule has 3 nitrogen and oxygen atoms in total. The summed E-state index contributed by atoms with van der Waals surface area (Å²) in [6.45, 7) is 8.22. The predicted octanol–water partition coefficient (Wildman–Crippen LogP) is 4.11. The molecule has 0 N–H and O–H groups in total. The molecule has 190 valence electrons. The van der Waals surface area contributed by atoms with E-state index in [9.17, 15) is 0 Å². The Morgan fingerprint density at radius 2 is 1.62 bits per heavy atom. The van der Waals surface area contributed by atoms with Crippen molar-refractivity contribution >= 4 is 10.9 Å². The molecule has 7 rings (SSSR count). The minimum absolute atomic E-state index is 0. The Morgan fingerprint density at radius 1 is 0.919 bits per heavy atom. The van der Waals surface area contributed by atoms with E-state index in [1.54, 1.807) is 0 Å². The molecule has 0 saturated carbocycles. The monoisotopic (exact) mass is 554 g/mol. The van der Waals surface area contributed by atoms with Gasteiger partial charge in [-0.15, -0.1) is 6.58 Å². The van der Waals surface area contributed by atoms with E-state index in [0.29, 0.717) is 24.5 Å². The lowest BCUT2D eigenvalue weighted by Gasteiger charge is -2.58. The van der Waals surface area contributed by atoms with Crippen LogP contribution in [0, 0.1) is 11.8 Å². The second-order valence-electron chi connectivity index (χ2n) is 10.7. The third-order valence-electron chi connectivity index (χ3n) is 8.63. The number of halogens is 1. The summed E-state index contributed by atoms with van der Waals surface area (Å²) in [6, 6.07) is 32.7. The molecule has 2 bridgehead atoms. The molecule has 0 amide bonds. The summed E-state index contributed by atoms with van der Waals surface area (Å²) in [5, 5.41) is 1.21. The highest BCUT2D eigenvalue weighted by Crippen LogP contribution is 2.49. The second kappa shape index (κ2) is 11.3. The van der Waals surface area contributed by atoms with Gasteiger partial charge >= 0.3 is 0 Å². The Bertz CT molecular complexity index is 1320. The molecule has 4 heteroatoms. The number of benzene rings is 3. The topological polar surface area (TPSA) is 22.1 Å². The van der Waals surface area contributed by atoms with Gasteiger partial charge in [-0.3, -0.25) is 4.98 Å². The number of nitrogens with zero attached hydrogens (tertiary/aromatic N) is 2. The fourth-order valence-electron chi connectivity index (χ4n) is 6.85. The largest absolute Gasteiger partial charge is 1.00 e. The highest BCUT2D eigenvalue weighted by molar-refractivity contribution is 5.82. The zero-order chi connectivity index (χ0) is 24.4. The summed E-state index contributed by atoms with van der Waals surface area (Å²) in [4.78, 5) is 4.67. The van der Waals surface area contributed by atoms with E-state index < -0.39 is 0 Å². The van der Waals surface area contributed by atoms with Crippen molar-refractivity contribution in [1.82, 2.24) is 4.98 Å². The van der Waals surface area contributed by atoms with E-state index in [2.05, 4.69) is 109 Å². The maximum absolute atomic E-state index is 6.98. The van der Waals surface area contributed by atoms with Gasteiger partial charge in [0.1, 0.15) is 18.7 Å². The molecule has 1 aromatic heterocycles. The first-order valence-electron chi connectivity index (χ1n) is 13.3. The minimum Gasteiger partial charge on any atom is -1.00 e. The number of aromatic nitrogens is 1. The Kier molecular flexibility index (Phi) is 7.89. The average molecular weight is 556 g/mol. The lowest BCUT2D eigenvalue weighted by Crippen LogP contribution is -3.00. The van der Waals surface area contributed by atoms with Crippen LogP contribution in [0.15, 0.2) is 110 Å². The molecule has 3 fully saturated rings. The van der Waals surface area contributed by atoms with Gasteiger partial charge < -0.3 is 26.2 Å². The van der Waals surface area contributed by atoms with Crippen LogP contribution in [0.5, 0.6) is 0 Å². The molecular formula is C33H35BrN2O. The SMILES string of the molecule is C=C[C@H]1C[N+]2(Cc3ccccc3)CC[C@H]1C[C@H]2[C@H](OCc1ccccc1)c1ccnc2ccccc12.[Br-]. The van der Waals surface area contributed by atoms with Crippen molar-refractivity contribution < 1.29 is 26.2 Å². The first-order chi connectivity index (χ1) is 17.8. The van der Waals surface area contributed by atoms with Crippen LogP contribution in [-0.2, 0) is 17.9 Å². The van der Waals surface area contributed by atoms with Crippen molar-refractivity contribution in [1.29, 1.82) is 0 Å². The summed E-state index contributed by atoms with van der Waals surface area (Å²) in [5.74, 6) is 1.25.